The van der Waals surface area contributed by atoms with Gasteiger partial charge in [-0.1, -0.05) is 5.57 Å². The van der Waals surface area contributed by atoms with Crippen LogP contribution in [0.15, 0.2) is 30.4 Å². The summed E-state index contributed by atoms with van der Waals surface area (Å²) in [4.78, 5) is 10.2. The minimum absolute atomic E-state index is 0.157. The van der Waals surface area contributed by atoms with Crippen molar-refractivity contribution in [2.45, 2.75) is 19.4 Å². The van der Waals surface area contributed by atoms with E-state index in [-0.39, 0.29) is 11.3 Å². The number of nitrogens with zero attached hydrogens (tertiary/aromatic N) is 1. The van der Waals surface area contributed by atoms with Crippen LogP contribution in [-0.2, 0) is 0 Å². The summed E-state index contributed by atoms with van der Waals surface area (Å²) in [5.41, 5.74) is 6.61. The highest BCUT2D eigenvalue weighted by Gasteiger charge is 2.19. The van der Waals surface area contributed by atoms with Crippen molar-refractivity contribution in [3.05, 3.63) is 51.8 Å². The molecule has 0 aliphatic rings. The minimum atomic E-state index is -0.603. The SMILES string of the molecule is C=C(C)C[C@@H](N)c1cc(F)ccc1[N+](=O)[O-]. The van der Waals surface area contributed by atoms with Gasteiger partial charge in [0, 0.05) is 17.7 Å². The molecule has 1 atom stereocenters. The van der Waals surface area contributed by atoms with Crippen molar-refractivity contribution in [2.75, 3.05) is 0 Å². The largest absolute Gasteiger partial charge is 0.323 e. The summed E-state index contributed by atoms with van der Waals surface area (Å²) < 4.78 is 13.0. The van der Waals surface area contributed by atoms with Crippen LogP contribution in [0.1, 0.15) is 24.9 Å². The molecule has 0 aliphatic carbocycles. The molecular formula is C11H13FN2O2. The highest BCUT2D eigenvalue weighted by molar-refractivity contribution is 5.42. The van der Waals surface area contributed by atoms with Gasteiger partial charge in [-0.25, -0.2) is 4.39 Å². The molecule has 86 valence electrons. The van der Waals surface area contributed by atoms with Crippen molar-refractivity contribution in [2.24, 2.45) is 5.73 Å². The molecule has 0 aliphatic heterocycles. The first-order valence-corrected chi connectivity index (χ1v) is 4.75. The zero-order valence-corrected chi connectivity index (χ0v) is 8.94. The predicted octanol–water partition coefficient (Wildman–Crippen LogP) is 2.70. The summed E-state index contributed by atoms with van der Waals surface area (Å²) in [6, 6.07) is 2.68. The monoisotopic (exact) mass is 224 g/mol. The average molecular weight is 224 g/mol. The Balaban J connectivity index is 3.13. The van der Waals surface area contributed by atoms with Crippen molar-refractivity contribution in [3.63, 3.8) is 0 Å². The van der Waals surface area contributed by atoms with E-state index in [4.69, 9.17) is 5.73 Å². The van der Waals surface area contributed by atoms with Crippen LogP contribution in [0.4, 0.5) is 10.1 Å². The summed E-state index contributed by atoms with van der Waals surface area (Å²) in [5, 5.41) is 10.7. The van der Waals surface area contributed by atoms with Crippen LogP contribution >= 0.6 is 0 Å². The lowest BCUT2D eigenvalue weighted by atomic mass is 9.99. The van der Waals surface area contributed by atoms with E-state index < -0.39 is 16.8 Å². The number of halogens is 1. The van der Waals surface area contributed by atoms with Crippen molar-refractivity contribution < 1.29 is 9.31 Å². The van der Waals surface area contributed by atoms with Gasteiger partial charge in [-0.15, -0.1) is 6.58 Å². The van der Waals surface area contributed by atoms with Gasteiger partial charge < -0.3 is 5.73 Å². The summed E-state index contributed by atoms with van der Waals surface area (Å²) in [7, 11) is 0. The number of rotatable bonds is 4. The quantitative estimate of drug-likeness (QED) is 0.485. The third-order valence-corrected chi connectivity index (χ3v) is 2.15. The maximum atomic E-state index is 13.0. The first-order chi connectivity index (χ1) is 7.41. The molecule has 0 bridgehead atoms. The average Bonchev–Trinajstić information content (AvgIpc) is 2.15. The van der Waals surface area contributed by atoms with Gasteiger partial charge in [-0.2, -0.15) is 0 Å². The van der Waals surface area contributed by atoms with Crippen LogP contribution in [0.5, 0.6) is 0 Å². The van der Waals surface area contributed by atoms with Gasteiger partial charge in [-0.3, -0.25) is 10.1 Å². The van der Waals surface area contributed by atoms with Crippen molar-refractivity contribution in [3.8, 4) is 0 Å². The topological polar surface area (TPSA) is 69.2 Å². The smallest absolute Gasteiger partial charge is 0.274 e. The molecule has 0 spiro atoms. The minimum Gasteiger partial charge on any atom is -0.323 e. The lowest BCUT2D eigenvalue weighted by molar-refractivity contribution is -0.385. The predicted molar refractivity (Wildman–Crippen MR) is 59.4 cm³/mol. The molecule has 0 fully saturated rings. The van der Waals surface area contributed by atoms with Gasteiger partial charge in [0.2, 0.25) is 0 Å². The van der Waals surface area contributed by atoms with Gasteiger partial charge in [0.1, 0.15) is 5.82 Å². The molecule has 0 saturated heterocycles. The second-order valence-electron chi connectivity index (χ2n) is 3.73. The Morgan fingerprint density at radius 2 is 2.31 bits per heavy atom. The molecule has 2 N–H and O–H groups in total. The Kier molecular flexibility index (Phi) is 3.73. The fourth-order valence-corrected chi connectivity index (χ4v) is 1.47. The van der Waals surface area contributed by atoms with Crippen molar-refractivity contribution >= 4 is 5.69 Å². The standard InChI is InChI=1S/C11H13FN2O2/c1-7(2)5-10(13)9-6-8(12)3-4-11(9)14(15)16/h3-4,6,10H,1,5,13H2,2H3/t10-/m1/s1. The molecule has 1 aromatic carbocycles. The highest BCUT2D eigenvalue weighted by Crippen LogP contribution is 2.27. The van der Waals surface area contributed by atoms with E-state index in [1.54, 1.807) is 6.92 Å². The number of nitro benzene ring substituents is 1. The van der Waals surface area contributed by atoms with E-state index >= 15 is 0 Å². The van der Waals surface area contributed by atoms with E-state index in [0.29, 0.717) is 6.42 Å². The van der Waals surface area contributed by atoms with E-state index in [1.807, 2.05) is 0 Å². The fraction of sp³-hybridized carbons (Fsp3) is 0.273. The number of benzene rings is 1. The molecule has 0 radical (unpaired) electrons. The fourth-order valence-electron chi connectivity index (χ4n) is 1.47. The van der Waals surface area contributed by atoms with Gasteiger partial charge in [-0.05, 0) is 25.5 Å². The first kappa shape index (κ1) is 12.3. The van der Waals surface area contributed by atoms with E-state index in [2.05, 4.69) is 6.58 Å². The Bertz CT molecular complexity index is 432. The Labute approximate surface area is 92.7 Å². The number of hydrogen-bond acceptors (Lipinski definition) is 3. The lowest BCUT2D eigenvalue weighted by Crippen LogP contribution is -2.13. The summed E-state index contributed by atoms with van der Waals surface area (Å²) in [6.45, 7) is 5.44. The van der Waals surface area contributed by atoms with Gasteiger partial charge in [0.05, 0.1) is 4.92 Å². The second kappa shape index (κ2) is 4.85. The molecule has 0 unspecified atom stereocenters. The van der Waals surface area contributed by atoms with Crippen LogP contribution in [-0.4, -0.2) is 4.92 Å². The number of nitrogens with two attached hydrogens (primary N) is 1. The molecule has 1 rings (SSSR count). The Hall–Kier alpha value is -1.75. The zero-order chi connectivity index (χ0) is 12.3. The number of nitro groups is 1. The number of hydrogen-bond donors (Lipinski definition) is 1. The van der Waals surface area contributed by atoms with Crippen LogP contribution in [0.3, 0.4) is 0 Å². The second-order valence-corrected chi connectivity index (χ2v) is 3.73. The molecule has 0 amide bonds. The molecular weight excluding hydrogens is 211 g/mol. The molecule has 1 aromatic rings. The van der Waals surface area contributed by atoms with Crippen LogP contribution in [0, 0.1) is 15.9 Å². The first-order valence-electron chi connectivity index (χ1n) is 4.75. The third kappa shape index (κ3) is 2.87. The van der Waals surface area contributed by atoms with Gasteiger partial charge in [0.25, 0.3) is 5.69 Å². The molecule has 0 heterocycles. The maximum Gasteiger partial charge on any atom is 0.274 e. The van der Waals surface area contributed by atoms with Crippen LogP contribution in [0.2, 0.25) is 0 Å². The molecule has 4 nitrogen and oxygen atoms in total. The molecule has 0 saturated carbocycles. The van der Waals surface area contributed by atoms with Gasteiger partial charge in [0.15, 0.2) is 0 Å². The van der Waals surface area contributed by atoms with Crippen LogP contribution in [0.25, 0.3) is 0 Å². The van der Waals surface area contributed by atoms with E-state index in [0.717, 1.165) is 23.8 Å². The van der Waals surface area contributed by atoms with Crippen molar-refractivity contribution in [1.29, 1.82) is 0 Å². The third-order valence-electron chi connectivity index (χ3n) is 2.15. The van der Waals surface area contributed by atoms with E-state index in [1.165, 1.54) is 0 Å². The highest BCUT2D eigenvalue weighted by atomic mass is 19.1. The zero-order valence-electron chi connectivity index (χ0n) is 8.94. The lowest BCUT2D eigenvalue weighted by Gasteiger charge is -2.12. The normalized spacial score (nSPS) is 12.2. The Morgan fingerprint density at radius 3 is 2.81 bits per heavy atom. The van der Waals surface area contributed by atoms with Crippen LogP contribution < -0.4 is 5.73 Å². The molecule has 0 aromatic heterocycles. The maximum absolute atomic E-state index is 13.0. The van der Waals surface area contributed by atoms with Crippen molar-refractivity contribution in [1.82, 2.24) is 0 Å². The summed E-state index contributed by atoms with van der Waals surface area (Å²) in [6.07, 6.45) is 0.393. The summed E-state index contributed by atoms with van der Waals surface area (Å²) >= 11 is 0. The molecule has 5 heteroatoms. The van der Waals surface area contributed by atoms with E-state index in [9.17, 15) is 14.5 Å². The van der Waals surface area contributed by atoms with Gasteiger partial charge >= 0.3 is 0 Å². The Morgan fingerprint density at radius 1 is 1.69 bits per heavy atom. The summed E-state index contributed by atoms with van der Waals surface area (Å²) in [5.74, 6) is -0.530. The molecule has 16 heavy (non-hydrogen) atoms.